The molecule has 1 aromatic rings. The van der Waals surface area contributed by atoms with Gasteiger partial charge in [0.25, 0.3) is 10.1 Å². The number of rotatable bonds is 3. The van der Waals surface area contributed by atoms with Gasteiger partial charge in [0.05, 0.1) is 0 Å². The van der Waals surface area contributed by atoms with Crippen LogP contribution < -0.4 is 0 Å². The average Bonchev–Trinajstić information content (AvgIpc) is 2.01. The van der Waals surface area contributed by atoms with Crippen molar-refractivity contribution in [2.45, 2.75) is 4.90 Å². The highest BCUT2D eigenvalue weighted by molar-refractivity contribution is 9.10. The third-order valence-electron chi connectivity index (χ3n) is 1.20. The quantitative estimate of drug-likeness (QED) is 0.683. The second kappa shape index (κ2) is 4.45. The summed E-state index contributed by atoms with van der Waals surface area (Å²) in [6.45, 7) is 0. The molecule has 0 aliphatic heterocycles. The molecule has 0 heterocycles. The molecule has 0 aliphatic carbocycles. The van der Waals surface area contributed by atoms with Gasteiger partial charge in [0.2, 0.25) is 0 Å². The summed E-state index contributed by atoms with van der Waals surface area (Å²) in [5, 5.41) is -0.324. The van der Waals surface area contributed by atoms with E-state index in [9.17, 15) is 8.42 Å². The Balaban J connectivity index is 2.71. The molecule has 6 heteroatoms. The molecule has 0 bridgehead atoms. The minimum absolute atomic E-state index is 0.324. The van der Waals surface area contributed by atoms with Crippen LogP contribution in [0.4, 0.5) is 0 Å². The predicted octanol–water partition coefficient (Wildman–Crippen LogP) is 2.39. The first-order valence-electron chi connectivity index (χ1n) is 3.31. The molecule has 72 valence electrons. The second-order valence-corrected chi connectivity index (χ2v) is 5.96. The van der Waals surface area contributed by atoms with Crippen LogP contribution in [-0.2, 0) is 10.1 Å². The van der Waals surface area contributed by atoms with Gasteiger partial charge < -0.3 is 0 Å². The monoisotopic (exact) mass is 282 g/mol. The van der Waals surface area contributed by atoms with Gasteiger partial charge in [-0.15, -0.1) is 11.8 Å². The summed E-state index contributed by atoms with van der Waals surface area (Å²) in [5.41, 5.74) is 0. The molecule has 0 saturated carbocycles. The van der Waals surface area contributed by atoms with Crippen molar-refractivity contribution in [3.63, 3.8) is 0 Å². The summed E-state index contributed by atoms with van der Waals surface area (Å²) in [6.07, 6.45) is 0. The van der Waals surface area contributed by atoms with Crippen molar-refractivity contribution in [1.29, 1.82) is 0 Å². The largest absolute Gasteiger partial charge is 0.285 e. The smallest absolute Gasteiger partial charge is 0.274 e. The van der Waals surface area contributed by atoms with Gasteiger partial charge in [-0.2, -0.15) is 8.42 Å². The molecule has 1 N–H and O–H groups in total. The van der Waals surface area contributed by atoms with E-state index in [1.165, 1.54) is 0 Å². The number of hydrogen-bond acceptors (Lipinski definition) is 3. The SMILES string of the molecule is O=S(=O)(O)CSc1ccccc1Br. The van der Waals surface area contributed by atoms with Gasteiger partial charge in [-0.05, 0) is 28.1 Å². The molecular weight excluding hydrogens is 276 g/mol. The Morgan fingerprint density at radius 3 is 2.54 bits per heavy atom. The third kappa shape index (κ3) is 4.12. The zero-order chi connectivity index (χ0) is 9.90. The molecule has 0 amide bonds. The lowest BCUT2D eigenvalue weighted by Crippen LogP contribution is -1.99. The third-order valence-corrected chi connectivity index (χ3v) is 4.48. The Hall–Kier alpha value is -0.0400. The van der Waals surface area contributed by atoms with Crippen LogP contribution in [0, 0.1) is 0 Å². The van der Waals surface area contributed by atoms with E-state index in [2.05, 4.69) is 15.9 Å². The molecule has 0 radical (unpaired) electrons. The van der Waals surface area contributed by atoms with Crippen LogP contribution in [0.2, 0.25) is 0 Å². The van der Waals surface area contributed by atoms with Crippen molar-refractivity contribution >= 4 is 37.8 Å². The summed E-state index contributed by atoms with van der Waals surface area (Å²) >= 11 is 4.34. The van der Waals surface area contributed by atoms with Gasteiger partial charge >= 0.3 is 0 Å². The van der Waals surface area contributed by atoms with E-state index in [-0.39, 0.29) is 5.08 Å². The van der Waals surface area contributed by atoms with Crippen LogP contribution in [0.1, 0.15) is 0 Å². The van der Waals surface area contributed by atoms with Crippen molar-refractivity contribution in [1.82, 2.24) is 0 Å². The van der Waals surface area contributed by atoms with Crippen LogP contribution in [0.25, 0.3) is 0 Å². The lowest BCUT2D eigenvalue weighted by Gasteiger charge is -2.01. The standard InChI is InChI=1S/C7H7BrO3S2/c8-6-3-1-2-4-7(6)12-5-13(9,10)11/h1-4H,5H2,(H,9,10,11). The molecule has 1 aromatic carbocycles. The summed E-state index contributed by atoms with van der Waals surface area (Å²) < 4.78 is 30.2. The first-order valence-corrected chi connectivity index (χ1v) is 6.70. The summed E-state index contributed by atoms with van der Waals surface area (Å²) in [4.78, 5) is 0.792. The number of benzene rings is 1. The van der Waals surface area contributed by atoms with E-state index in [0.717, 1.165) is 21.1 Å². The van der Waals surface area contributed by atoms with Gasteiger partial charge in [0.1, 0.15) is 5.08 Å². The second-order valence-electron chi connectivity index (χ2n) is 2.27. The lowest BCUT2D eigenvalue weighted by molar-refractivity contribution is 0.489. The zero-order valence-electron chi connectivity index (χ0n) is 6.47. The van der Waals surface area contributed by atoms with Crippen molar-refractivity contribution in [2.75, 3.05) is 5.08 Å². The van der Waals surface area contributed by atoms with Crippen LogP contribution >= 0.6 is 27.7 Å². The van der Waals surface area contributed by atoms with E-state index in [0.29, 0.717) is 0 Å². The van der Waals surface area contributed by atoms with Crippen LogP contribution in [0.15, 0.2) is 33.6 Å². The molecule has 3 nitrogen and oxygen atoms in total. The summed E-state index contributed by atoms with van der Waals surface area (Å²) in [6, 6.07) is 7.23. The molecule has 13 heavy (non-hydrogen) atoms. The maximum absolute atomic E-state index is 10.4. The van der Waals surface area contributed by atoms with Crippen molar-refractivity contribution < 1.29 is 13.0 Å². The Bertz CT molecular complexity index is 388. The molecule has 1 rings (SSSR count). The van der Waals surface area contributed by atoms with Crippen LogP contribution in [0.3, 0.4) is 0 Å². The van der Waals surface area contributed by atoms with E-state index in [1.54, 1.807) is 12.1 Å². The predicted molar refractivity (Wildman–Crippen MR) is 56.4 cm³/mol. The molecule has 0 aliphatic rings. The fourth-order valence-electron chi connectivity index (χ4n) is 0.700. The first-order chi connectivity index (χ1) is 5.99. The average molecular weight is 283 g/mol. The van der Waals surface area contributed by atoms with Gasteiger partial charge in [-0.1, -0.05) is 12.1 Å². The Morgan fingerprint density at radius 2 is 2.00 bits per heavy atom. The number of halogens is 1. The van der Waals surface area contributed by atoms with Crippen LogP contribution in [0.5, 0.6) is 0 Å². The van der Waals surface area contributed by atoms with Gasteiger partial charge in [0.15, 0.2) is 0 Å². The molecule has 0 unspecified atom stereocenters. The van der Waals surface area contributed by atoms with E-state index < -0.39 is 10.1 Å². The molecule has 0 atom stereocenters. The maximum Gasteiger partial charge on any atom is 0.274 e. The topological polar surface area (TPSA) is 54.4 Å². The van der Waals surface area contributed by atoms with Gasteiger partial charge in [-0.25, -0.2) is 0 Å². The normalized spacial score (nSPS) is 11.5. The zero-order valence-corrected chi connectivity index (χ0v) is 9.69. The summed E-state index contributed by atoms with van der Waals surface area (Å²) in [5.74, 6) is 0. The Kier molecular flexibility index (Phi) is 3.78. The molecule has 0 saturated heterocycles. The minimum Gasteiger partial charge on any atom is -0.285 e. The fourth-order valence-corrected chi connectivity index (χ4v) is 2.81. The Labute approximate surface area is 89.4 Å². The van der Waals surface area contributed by atoms with Crippen molar-refractivity contribution in [3.8, 4) is 0 Å². The van der Waals surface area contributed by atoms with Crippen molar-refractivity contribution in [3.05, 3.63) is 28.7 Å². The summed E-state index contributed by atoms with van der Waals surface area (Å²) in [7, 11) is -3.90. The van der Waals surface area contributed by atoms with Crippen LogP contribution in [-0.4, -0.2) is 18.1 Å². The van der Waals surface area contributed by atoms with Crippen molar-refractivity contribution in [2.24, 2.45) is 0 Å². The number of hydrogen-bond donors (Lipinski definition) is 1. The first kappa shape index (κ1) is 11.0. The number of thioether (sulfide) groups is 1. The molecule has 0 aromatic heterocycles. The molecule has 0 fully saturated rings. The lowest BCUT2D eigenvalue weighted by atomic mass is 10.4. The van der Waals surface area contributed by atoms with E-state index >= 15 is 0 Å². The molecular formula is C7H7BrO3S2. The maximum atomic E-state index is 10.4. The molecule has 0 spiro atoms. The van der Waals surface area contributed by atoms with Gasteiger partial charge in [0, 0.05) is 9.37 Å². The van der Waals surface area contributed by atoms with E-state index in [1.807, 2.05) is 12.1 Å². The van der Waals surface area contributed by atoms with Gasteiger partial charge in [-0.3, -0.25) is 4.55 Å². The Morgan fingerprint density at radius 1 is 1.38 bits per heavy atom. The van der Waals surface area contributed by atoms with E-state index in [4.69, 9.17) is 4.55 Å². The fraction of sp³-hybridized carbons (Fsp3) is 0.143. The highest BCUT2D eigenvalue weighted by Crippen LogP contribution is 2.27. The minimum atomic E-state index is -3.90. The highest BCUT2D eigenvalue weighted by atomic mass is 79.9. The highest BCUT2D eigenvalue weighted by Gasteiger charge is 2.06.